The largest absolute Gasteiger partial charge is 0.497 e. The normalized spacial score (nSPS) is 18.1. The fourth-order valence-corrected chi connectivity index (χ4v) is 3.91. The van der Waals surface area contributed by atoms with E-state index in [-0.39, 0.29) is 5.91 Å². The van der Waals surface area contributed by atoms with E-state index in [4.69, 9.17) is 4.74 Å². The summed E-state index contributed by atoms with van der Waals surface area (Å²) in [7, 11) is 1.68. The van der Waals surface area contributed by atoms with Gasteiger partial charge in [-0.2, -0.15) is 0 Å². The van der Waals surface area contributed by atoms with Crippen LogP contribution < -0.4 is 10.1 Å². The number of nitrogens with zero attached hydrogens (tertiary/aromatic N) is 1. The van der Waals surface area contributed by atoms with Crippen molar-refractivity contribution in [2.24, 2.45) is 5.92 Å². The third-order valence-electron chi connectivity index (χ3n) is 4.69. The molecule has 3 rings (SSSR count). The lowest BCUT2D eigenvalue weighted by Crippen LogP contribution is -2.40. The number of piperidine rings is 1. The number of hydrogen-bond acceptors (Lipinski definition) is 4. The van der Waals surface area contributed by atoms with Gasteiger partial charge >= 0.3 is 0 Å². The first-order valence-electron chi connectivity index (χ1n) is 9.09. The second kappa shape index (κ2) is 9.55. The average Bonchev–Trinajstić information content (AvgIpc) is 3.22. The summed E-state index contributed by atoms with van der Waals surface area (Å²) in [4.78, 5) is 15.3. The van der Waals surface area contributed by atoms with Gasteiger partial charge in [-0.3, -0.25) is 9.69 Å². The quantitative estimate of drug-likeness (QED) is 0.803. The van der Waals surface area contributed by atoms with Crippen molar-refractivity contribution in [1.82, 2.24) is 10.2 Å². The Kier molecular flexibility index (Phi) is 6.86. The molecule has 1 aromatic carbocycles. The third-order valence-corrected chi connectivity index (χ3v) is 5.56. The van der Waals surface area contributed by atoms with Gasteiger partial charge in [-0.15, -0.1) is 11.3 Å². The van der Waals surface area contributed by atoms with Crippen LogP contribution in [0.25, 0.3) is 6.08 Å². The minimum Gasteiger partial charge on any atom is -0.497 e. The van der Waals surface area contributed by atoms with E-state index in [1.807, 2.05) is 29.6 Å². The molecule has 2 heterocycles. The number of carbonyl (C=O) groups excluding carboxylic acids is 1. The van der Waals surface area contributed by atoms with Crippen LogP contribution in [-0.4, -0.2) is 44.1 Å². The van der Waals surface area contributed by atoms with Crippen LogP contribution >= 0.6 is 11.3 Å². The summed E-state index contributed by atoms with van der Waals surface area (Å²) in [5.41, 5.74) is 1.18. The highest BCUT2D eigenvalue weighted by atomic mass is 32.1. The van der Waals surface area contributed by atoms with Crippen LogP contribution in [0.15, 0.2) is 47.9 Å². The molecule has 1 aliphatic rings. The number of hydrogen-bond donors (Lipinski definition) is 1. The smallest absolute Gasteiger partial charge is 0.261 e. The lowest BCUT2D eigenvalue weighted by Gasteiger charge is -2.32. The zero-order chi connectivity index (χ0) is 18.2. The maximum atomic E-state index is 12.1. The van der Waals surface area contributed by atoms with Gasteiger partial charge in [-0.05, 0) is 54.4 Å². The van der Waals surface area contributed by atoms with Crippen molar-refractivity contribution >= 4 is 23.3 Å². The van der Waals surface area contributed by atoms with Crippen molar-refractivity contribution in [3.63, 3.8) is 0 Å². The average molecular weight is 371 g/mol. The highest BCUT2D eigenvalue weighted by molar-refractivity contribution is 7.12. The van der Waals surface area contributed by atoms with Crippen LogP contribution in [0, 0.1) is 5.92 Å². The van der Waals surface area contributed by atoms with E-state index in [0.717, 1.165) is 36.8 Å². The highest BCUT2D eigenvalue weighted by Crippen LogP contribution is 2.17. The predicted octanol–water partition coefficient (Wildman–Crippen LogP) is 3.91. The molecule has 1 fully saturated rings. The molecular formula is C21H26N2O2S. The number of thiophene rings is 1. The number of nitrogens with one attached hydrogen (secondary N) is 1. The Morgan fingerprint density at radius 3 is 2.92 bits per heavy atom. The Morgan fingerprint density at radius 1 is 1.35 bits per heavy atom. The van der Waals surface area contributed by atoms with Gasteiger partial charge in [0.05, 0.1) is 12.0 Å². The van der Waals surface area contributed by atoms with Crippen molar-refractivity contribution in [3.05, 3.63) is 58.3 Å². The summed E-state index contributed by atoms with van der Waals surface area (Å²) in [5.74, 6) is 1.46. The van der Waals surface area contributed by atoms with Crippen molar-refractivity contribution in [2.75, 3.05) is 33.3 Å². The van der Waals surface area contributed by atoms with Crippen molar-refractivity contribution in [2.45, 2.75) is 12.8 Å². The van der Waals surface area contributed by atoms with Gasteiger partial charge in [0.2, 0.25) is 0 Å². The number of benzene rings is 1. The Morgan fingerprint density at radius 2 is 2.19 bits per heavy atom. The number of ether oxygens (including phenoxy) is 1. The second-order valence-electron chi connectivity index (χ2n) is 6.63. The molecule has 0 bridgehead atoms. The molecule has 1 aromatic heterocycles. The highest BCUT2D eigenvalue weighted by Gasteiger charge is 2.19. The number of amides is 1. The molecular weight excluding hydrogens is 344 g/mol. The Bertz CT molecular complexity index is 710. The van der Waals surface area contributed by atoms with E-state index in [0.29, 0.717) is 5.92 Å². The summed E-state index contributed by atoms with van der Waals surface area (Å²) in [6, 6.07) is 11.9. The summed E-state index contributed by atoms with van der Waals surface area (Å²) in [6.45, 7) is 3.87. The lowest BCUT2D eigenvalue weighted by molar-refractivity contribution is 0.0939. The third kappa shape index (κ3) is 5.44. The minimum absolute atomic E-state index is 0.0523. The van der Waals surface area contributed by atoms with E-state index >= 15 is 0 Å². The van der Waals surface area contributed by atoms with E-state index in [2.05, 4.69) is 34.5 Å². The van der Waals surface area contributed by atoms with Gasteiger partial charge in [0.1, 0.15) is 5.75 Å². The number of methoxy groups -OCH3 is 1. The first-order chi connectivity index (χ1) is 12.7. The first-order valence-corrected chi connectivity index (χ1v) is 9.97. The van der Waals surface area contributed by atoms with Crippen LogP contribution in [0.4, 0.5) is 0 Å². The molecule has 5 heteroatoms. The van der Waals surface area contributed by atoms with Gasteiger partial charge < -0.3 is 10.1 Å². The molecule has 0 saturated carbocycles. The van der Waals surface area contributed by atoms with Crippen LogP contribution in [0.1, 0.15) is 28.1 Å². The number of carbonyl (C=O) groups is 1. The molecule has 4 nitrogen and oxygen atoms in total. The van der Waals surface area contributed by atoms with Gasteiger partial charge in [-0.25, -0.2) is 0 Å². The molecule has 0 spiro atoms. The Hall–Kier alpha value is -2.11. The van der Waals surface area contributed by atoms with Gasteiger partial charge in [-0.1, -0.05) is 30.4 Å². The van der Waals surface area contributed by atoms with Crippen LogP contribution in [0.5, 0.6) is 5.75 Å². The lowest BCUT2D eigenvalue weighted by atomic mass is 9.98. The van der Waals surface area contributed by atoms with E-state index in [1.165, 1.54) is 29.7 Å². The van der Waals surface area contributed by atoms with E-state index in [9.17, 15) is 4.79 Å². The second-order valence-corrected chi connectivity index (χ2v) is 7.58. The molecule has 0 aliphatic carbocycles. The Balaban J connectivity index is 1.42. The molecule has 1 atom stereocenters. The van der Waals surface area contributed by atoms with Gasteiger partial charge in [0, 0.05) is 19.6 Å². The molecule has 1 N–H and O–H groups in total. The van der Waals surface area contributed by atoms with Crippen molar-refractivity contribution in [1.29, 1.82) is 0 Å². The summed E-state index contributed by atoms with van der Waals surface area (Å²) >= 11 is 1.49. The summed E-state index contributed by atoms with van der Waals surface area (Å²) in [6.07, 6.45) is 6.75. The maximum Gasteiger partial charge on any atom is 0.261 e. The number of rotatable bonds is 7. The molecule has 138 valence electrons. The molecule has 1 saturated heterocycles. The Labute approximate surface area is 159 Å². The summed E-state index contributed by atoms with van der Waals surface area (Å²) in [5, 5.41) is 5.02. The topological polar surface area (TPSA) is 41.6 Å². The molecule has 1 aliphatic heterocycles. The minimum atomic E-state index is 0.0523. The fourth-order valence-electron chi connectivity index (χ4n) is 3.27. The van der Waals surface area contributed by atoms with E-state index < -0.39 is 0 Å². The maximum absolute atomic E-state index is 12.1. The van der Waals surface area contributed by atoms with E-state index in [1.54, 1.807) is 7.11 Å². The van der Waals surface area contributed by atoms with Crippen LogP contribution in [0.3, 0.4) is 0 Å². The SMILES string of the molecule is COc1ccc(C=CCN2CCCC(CNC(=O)c3cccs3)C2)cc1. The molecule has 1 unspecified atom stereocenters. The van der Waals surface area contributed by atoms with Gasteiger partial charge in [0.15, 0.2) is 0 Å². The van der Waals surface area contributed by atoms with Crippen LogP contribution in [-0.2, 0) is 0 Å². The summed E-state index contributed by atoms with van der Waals surface area (Å²) < 4.78 is 5.18. The van der Waals surface area contributed by atoms with Crippen LogP contribution in [0.2, 0.25) is 0 Å². The predicted molar refractivity (Wildman–Crippen MR) is 108 cm³/mol. The zero-order valence-electron chi connectivity index (χ0n) is 15.2. The van der Waals surface area contributed by atoms with Crippen molar-refractivity contribution in [3.8, 4) is 5.75 Å². The fraction of sp³-hybridized carbons (Fsp3) is 0.381. The van der Waals surface area contributed by atoms with Gasteiger partial charge in [0.25, 0.3) is 5.91 Å². The number of likely N-dealkylation sites (tertiary alicyclic amines) is 1. The zero-order valence-corrected chi connectivity index (χ0v) is 16.0. The monoisotopic (exact) mass is 370 g/mol. The molecule has 26 heavy (non-hydrogen) atoms. The molecule has 1 amide bonds. The standard InChI is InChI=1S/C21H26N2O2S/c1-25-19-10-8-17(9-11-19)5-2-12-23-13-3-6-18(16-23)15-22-21(24)20-7-4-14-26-20/h2,4-5,7-11,14,18H,3,6,12-13,15-16H2,1H3,(H,22,24). The van der Waals surface area contributed by atoms with Crippen molar-refractivity contribution < 1.29 is 9.53 Å². The molecule has 2 aromatic rings. The first kappa shape index (κ1) is 18.7. The molecule has 0 radical (unpaired) electrons.